The predicted molar refractivity (Wildman–Crippen MR) is 96.6 cm³/mol. The van der Waals surface area contributed by atoms with E-state index in [1.54, 1.807) is 19.3 Å². The number of hydrogen-bond donors (Lipinski definition) is 0. The van der Waals surface area contributed by atoms with Gasteiger partial charge in [-0.3, -0.25) is 14.3 Å². The maximum Gasteiger partial charge on any atom is 0.306 e. The molecule has 2 aromatic heterocycles. The van der Waals surface area contributed by atoms with E-state index in [1.807, 2.05) is 47.0 Å². The van der Waals surface area contributed by atoms with Gasteiger partial charge < -0.3 is 4.74 Å². The third kappa shape index (κ3) is 4.24. The lowest BCUT2D eigenvalue weighted by atomic mass is 10.2. The Kier molecular flexibility index (Phi) is 5.79. The summed E-state index contributed by atoms with van der Waals surface area (Å²) in [5.41, 5.74) is 1.90. The predicted octanol–water partition coefficient (Wildman–Crippen LogP) is 3.37. The van der Waals surface area contributed by atoms with Gasteiger partial charge in [0.25, 0.3) is 0 Å². The number of carbonyl (C=O) groups is 1. The summed E-state index contributed by atoms with van der Waals surface area (Å²) in [5.74, 6) is 1.13. The van der Waals surface area contributed by atoms with Crippen LogP contribution in [0.3, 0.4) is 0 Å². The lowest BCUT2D eigenvalue weighted by Gasteiger charge is -2.10. The van der Waals surface area contributed by atoms with Gasteiger partial charge in [-0.05, 0) is 31.2 Å². The molecule has 0 aliphatic rings. The average molecular weight is 354 g/mol. The molecule has 0 aliphatic heterocycles. The Balaban J connectivity index is 1.88. The van der Waals surface area contributed by atoms with E-state index in [0.29, 0.717) is 18.8 Å². The van der Waals surface area contributed by atoms with Gasteiger partial charge in [0.05, 0.1) is 13.0 Å². The second-order valence-corrected chi connectivity index (χ2v) is 6.18. The number of ether oxygens (including phenoxy) is 1. The van der Waals surface area contributed by atoms with Crippen molar-refractivity contribution in [1.29, 1.82) is 0 Å². The normalized spacial score (nSPS) is 10.6. The molecule has 25 heavy (non-hydrogen) atoms. The molecular formula is C18H18N4O2S. The fourth-order valence-electron chi connectivity index (χ4n) is 2.32. The maximum absolute atomic E-state index is 11.5. The molecule has 0 atom stereocenters. The number of hydrogen-bond acceptors (Lipinski definition) is 6. The number of aromatic nitrogens is 4. The Bertz CT molecular complexity index is 822. The summed E-state index contributed by atoms with van der Waals surface area (Å²) in [6.07, 6.45) is 3.80. The lowest BCUT2D eigenvalue weighted by molar-refractivity contribution is -0.142. The summed E-state index contributed by atoms with van der Waals surface area (Å²) < 4.78 is 6.96. The summed E-state index contributed by atoms with van der Waals surface area (Å²) in [4.78, 5) is 15.6. The van der Waals surface area contributed by atoms with E-state index < -0.39 is 0 Å². The van der Waals surface area contributed by atoms with Crippen LogP contribution in [0.5, 0.6) is 0 Å². The van der Waals surface area contributed by atoms with Crippen LogP contribution >= 0.6 is 11.8 Å². The minimum atomic E-state index is -0.199. The molecule has 0 saturated heterocycles. The van der Waals surface area contributed by atoms with E-state index in [-0.39, 0.29) is 5.97 Å². The molecule has 0 unspecified atom stereocenters. The highest BCUT2D eigenvalue weighted by Crippen LogP contribution is 2.27. The Morgan fingerprint density at radius 3 is 2.60 bits per heavy atom. The Labute approximate surface area is 150 Å². The third-order valence-electron chi connectivity index (χ3n) is 3.43. The monoisotopic (exact) mass is 354 g/mol. The largest absolute Gasteiger partial charge is 0.466 e. The van der Waals surface area contributed by atoms with Gasteiger partial charge in [-0.2, -0.15) is 0 Å². The van der Waals surface area contributed by atoms with Crippen LogP contribution in [0.2, 0.25) is 0 Å². The van der Waals surface area contributed by atoms with Gasteiger partial charge in [0, 0.05) is 29.4 Å². The molecule has 0 saturated carbocycles. The number of benzene rings is 1. The first kappa shape index (κ1) is 17.2. The molecule has 3 aromatic rings. The van der Waals surface area contributed by atoms with Crippen LogP contribution in [0.1, 0.15) is 13.3 Å². The molecule has 0 fully saturated rings. The molecule has 0 N–H and O–H groups in total. The Morgan fingerprint density at radius 2 is 1.88 bits per heavy atom. The smallest absolute Gasteiger partial charge is 0.306 e. The number of thioether (sulfide) groups is 1. The summed E-state index contributed by atoms with van der Waals surface area (Å²) in [7, 11) is 0. The molecular weight excluding hydrogens is 336 g/mol. The van der Waals surface area contributed by atoms with Gasteiger partial charge in [-0.1, -0.05) is 30.0 Å². The lowest BCUT2D eigenvalue weighted by Crippen LogP contribution is -2.05. The standard InChI is InChI=1S/C18H18N4O2S/c1-2-24-16(23)10-13-25-18-21-20-17(14-8-11-19-12-9-14)22(18)15-6-4-3-5-7-15/h3-9,11-12H,2,10,13H2,1H3. The van der Waals surface area contributed by atoms with E-state index in [1.165, 1.54) is 11.8 Å². The van der Waals surface area contributed by atoms with Crippen molar-refractivity contribution in [2.24, 2.45) is 0 Å². The van der Waals surface area contributed by atoms with Crippen LogP contribution in [-0.2, 0) is 9.53 Å². The highest BCUT2D eigenvalue weighted by atomic mass is 32.2. The minimum absolute atomic E-state index is 0.199. The summed E-state index contributed by atoms with van der Waals surface area (Å²) in [6.45, 7) is 2.20. The van der Waals surface area contributed by atoms with E-state index in [0.717, 1.165) is 22.2 Å². The first-order valence-electron chi connectivity index (χ1n) is 7.99. The van der Waals surface area contributed by atoms with Gasteiger partial charge in [0.2, 0.25) is 0 Å². The van der Waals surface area contributed by atoms with Gasteiger partial charge >= 0.3 is 5.97 Å². The fraction of sp³-hybridized carbons (Fsp3) is 0.222. The second kappa shape index (κ2) is 8.43. The second-order valence-electron chi connectivity index (χ2n) is 5.12. The maximum atomic E-state index is 11.5. The van der Waals surface area contributed by atoms with Crippen LogP contribution in [-0.4, -0.2) is 38.1 Å². The number of nitrogens with zero attached hydrogens (tertiary/aromatic N) is 4. The van der Waals surface area contributed by atoms with E-state index in [2.05, 4.69) is 15.2 Å². The highest BCUT2D eigenvalue weighted by molar-refractivity contribution is 7.99. The summed E-state index contributed by atoms with van der Waals surface area (Å²) in [5, 5.41) is 9.40. The van der Waals surface area contributed by atoms with Crippen molar-refractivity contribution < 1.29 is 9.53 Å². The van der Waals surface area contributed by atoms with Crippen LogP contribution in [0, 0.1) is 0 Å². The van der Waals surface area contributed by atoms with E-state index in [4.69, 9.17) is 4.74 Å². The number of para-hydroxylation sites is 1. The van der Waals surface area contributed by atoms with Crippen molar-refractivity contribution in [3.63, 3.8) is 0 Å². The Hall–Kier alpha value is -2.67. The molecule has 7 heteroatoms. The Morgan fingerprint density at radius 1 is 1.12 bits per heavy atom. The zero-order valence-corrected chi connectivity index (χ0v) is 14.6. The zero-order valence-electron chi connectivity index (χ0n) is 13.8. The molecule has 128 valence electrons. The van der Waals surface area contributed by atoms with Crippen LogP contribution in [0.15, 0.2) is 60.0 Å². The minimum Gasteiger partial charge on any atom is -0.466 e. The molecule has 6 nitrogen and oxygen atoms in total. The number of pyridine rings is 1. The van der Waals surface area contributed by atoms with Crippen molar-refractivity contribution in [2.45, 2.75) is 18.5 Å². The van der Waals surface area contributed by atoms with Crippen molar-refractivity contribution in [1.82, 2.24) is 19.7 Å². The number of carbonyl (C=O) groups excluding carboxylic acids is 1. The number of esters is 1. The first-order chi connectivity index (χ1) is 12.3. The molecule has 0 radical (unpaired) electrons. The molecule has 0 bridgehead atoms. The van der Waals surface area contributed by atoms with Gasteiger partial charge in [-0.15, -0.1) is 10.2 Å². The van der Waals surface area contributed by atoms with Crippen LogP contribution in [0.4, 0.5) is 0 Å². The molecule has 0 aliphatic carbocycles. The summed E-state index contributed by atoms with van der Waals surface area (Å²) in [6, 6.07) is 13.7. The molecule has 0 spiro atoms. The summed E-state index contributed by atoms with van der Waals surface area (Å²) >= 11 is 1.48. The van der Waals surface area contributed by atoms with Gasteiger partial charge in [0.15, 0.2) is 11.0 Å². The van der Waals surface area contributed by atoms with Crippen LogP contribution < -0.4 is 0 Å². The third-order valence-corrected chi connectivity index (χ3v) is 4.36. The topological polar surface area (TPSA) is 69.9 Å². The van der Waals surface area contributed by atoms with Crippen molar-refractivity contribution in [3.8, 4) is 17.1 Å². The molecule has 2 heterocycles. The van der Waals surface area contributed by atoms with Crippen molar-refractivity contribution in [2.75, 3.05) is 12.4 Å². The quantitative estimate of drug-likeness (QED) is 0.478. The van der Waals surface area contributed by atoms with Crippen molar-refractivity contribution in [3.05, 3.63) is 54.9 Å². The zero-order chi connectivity index (χ0) is 17.5. The fourth-order valence-corrected chi connectivity index (χ4v) is 3.19. The number of rotatable bonds is 7. The van der Waals surface area contributed by atoms with Gasteiger partial charge in [0.1, 0.15) is 0 Å². The van der Waals surface area contributed by atoms with E-state index in [9.17, 15) is 4.79 Å². The molecule has 0 amide bonds. The van der Waals surface area contributed by atoms with Crippen molar-refractivity contribution >= 4 is 17.7 Å². The van der Waals surface area contributed by atoms with Gasteiger partial charge in [-0.25, -0.2) is 0 Å². The first-order valence-corrected chi connectivity index (χ1v) is 8.98. The molecule has 1 aromatic carbocycles. The van der Waals surface area contributed by atoms with E-state index >= 15 is 0 Å². The average Bonchev–Trinajstić information content (AvgIpc) is 3.07. The molecule has 3 rings (SSSR count). The SMILES string of the molecule is CCOC(=O)CCSc1nnc(-c2ccncc2)n1-c1ccccc1. The highest BCUT2D eigenvalue weighted by Gasteiger charge is 2.16. The van der Waals surface area contributed by atoms with Crippen LogP contribution in [0.25, 0.3) is 17.1 Å².